The Labute approximate surface area is 143 Å². The lowest BCUT2D eigenvalue weighted by atomic mass is 10.2. The molecule has 1 saturated heterocycles. The number of nitrogens with one attached hydrogen (secondary N) is 2. The molecule has 1 atom stereocenters. The Morgan fingerprint density at radius 3 is 2.96 bits per heavy atom. The molecule has 24 heavy (non-hydrogen) atoms. The molecule has 2 amide bonds. The van der Waals surface area contributed by atoms with E-state index >= 15 is 0 Å². The quantitative estimate of drug-likeness (QED) is 0.740. The van der Waals surface area contributed by atoms with Crippen LogP contribution in [0, 0.1) is 0 Å². The van der Waals surface area contributed by atoms with E-state index < -0.39 is 0 Å². The number of urea groups is 1. The molecule has 122 valence electrons. The second-order valence-corrected chi connectivity index (χ2v) is 6.24. The first-order valence-corrected chi connectivity index (χ1v) is 8.21. The van der Waals surface area contributed by atoms with Crippen LogP contribution in [-0.4, -0.2) is 32.4 Å². The molecule has 4 rings (SSSR count). The topological polar surface area (TPSA) is 73.9 Å². The average molecular weight is 342 g/mol. The van der Waals surface area contributed by atoms with Crippen LogP contribution < -0.4 is 5.32 Å². The standard InChI is InChI=1S/C17H16ClN5O/c18-11-3-4-13-14(10-11)22-16(21-13)15-2-1-9-23(15)17(24)20-12-5-7-19-8-6-12/h3-8,10,15H,1-2,9H2,(H,21,22)(H,19,20,24). The molecule has 0 bridgehead atoms. The van der Waals surface area contributed by atoms with Gasteiger partial charge in [-0.3, -0.25) is 4.98 Å². The summed E-state index contributed by atoms with van der Waals surface area (Å²) in [7, 11) is 0. The summed E-state index contributed by atoms with van der Waals surface area (Å²) in [5, 5.41) is 3.57. The van der Waals surface area contributed by atoms with Crippen LogP contribution in [-0.2, 0) is 0 Å². The Bertz CT molecular complexity index is 879. The second kappa shape index (κ2) is 6.13. The molecular weight excluding hydrogens is 326 g/mol. The van der Waals surface area contributed by atoms with E-state index in [0.717, 1.165) is 35.4 Å². The molecule has 0 spiro atoms. The lowest BCUT2D eigenvalue weighted by molar-refractivity contribution is 0.205. The zero-order valence-electron chi connectivity index (χ0n) is 12.9. The first-order valence-electron chi connectivity index (χ1n) is 7.83. The molecule has 1 unspecified atom stereocenters. The molecule has 3 aromatic rings. The first kappa shape index (κ1) is 15.0. The fraction of sp³-hybridized carbons (Fsp3) is 0.235. The zero-order chi connectivity index (χ0) is 16.5. The lowest BCUT2D eigenvalue weighted by Crippen LogP contribution is -2.34. The number of rotatable bonds is 2. The van der Waals surface area contributed by atoms with E-state index in [1.54, 1.807) is 24.5 Å². The molecule has 1 aromatic carbocycles. The van der Waals surface area contributed by atoms with Crippen LogP contribution >= 0.6 is 11.6 Å². The number of likely N-dealkylation sites (tertiary alicyclic amines) is 1. The number of aromatic nitrogens is 3. The summed E-state index contributed by atoms with van der Waals surface area (Å²) in [6.45, 7) is 0.708. The van der Waals surface area contributed by atoms with Crippen molar-refractivity contribution >= 4 is 34.4 Å². The average Bonchev–Trinajstić information content (AvgIpc) is 3.21. The molecule has 1 aliphatic rings. The molecular formula is C17H16ClN5O. The SMILES string of the molecule is O=C(Nc1ccncc1)N1CCCC1c1nc2ccc(Cl)cc2[nH]1. The molecule has 0 aliphatic carbocycles. The normalized spacial score (nSPS) is 17.4. The van der Waals surface area contributed by atoms with Gasteiger partial charge < -0.3 is 15.2 Å². The van der Waals surface area contributed by atoms with E-state index in [4.69, 9.17) is 11.6 Å². The van der Waals surface area contributed by atoms with Gasteiger partial charge in [0.25, 0.3) is 0 Å². The maximum Gasteiger partial charge on any atom is 0.322 e. The highest BCUT2D eigenvalue weighted by Crippen LogP contribution is 2.32. The highest BCUT2D eigenvalue weighted by molar-refractivity contribution is 6.31. The van der Waals surface area contributed by atoms with Crippen molar-refractivity contribution in [3.8, 4) is 0 Å². The number of fused-ring (bicyclic) bond motifs is 1. The highest BCUT2D eigenvalue weighted by Gasteiger charge is 2.32. The second-order valence-electron chi connectivity index (χ2n) is 5.80. The smallest absolute Gasteiger partial charge is 0.322 e. The summed E-state index contributed by atoms with van der Waals surface area (Å²) < 4.78 is 0. The Morgan fingerprint density at radius 1 is 1.29 bits per heavy atom. The van der Waals surface area contributed by atoms with Gasteiger partial charge in [-0.25, -0.2) is 9.78 Å². The number of carbonyl (C=O) groups excluding carboxylic acids is 1. The van der Waals surface area contributed by atoms with E-state index in [1.165, 1.54) is 0 Å². The molecule has 1 fully saturated rings. The van der Waals surface area contributed by atoms with Crippen molar-refractivity contribution in [1.29, 1.82) is 0 Å². The summed E-state index contributed by atoms with van der Waals surface area (Å²) in [6, 6.07) is 8.91. The Hall–Kier alpha value is -2.60. The predicted molar refractivity (Wildman–Crippen MR) is 93.0 cm³/mol. The third-order valence-electron chi connectivity index (χ3n) is 4.22. The van der Waals surface area contributed by atoms with Crippen molar-refractivity contribution in [3.05, 3.63) is 53.6 Å². The van der Waals surface area contributed by atoms with Gasteiger partial charge in [-0.05, 0) is 43.2 Å². The summed E-state index contributed by atoms with van der Waals surface area (Å²) >= 11 is 6.03. The summed E-state index contributed by atoms with van der Waals surface area (Å²) in [5.41, 5.74) is 2.48. The van der Waals surface area contributed by atoms with Crippen LogP contribution in [0.3, 0.4) is 0 Å². The zero-order valence-corrected chi connectivity index (χ0v) is 13.6. The molecule has 0 radical (unpaired) electrons. The van der Waals surface area contributed by atoms with Gasteiger partial charge in [-0.1, -0.05) is 11.6 Å². The van der Waals surface area contributed by atoms with Gasteiger partial charge in [0.2, 0.25) is 0 Å². The third-order valence-corrected chi connectivity index (χ3v) is 4.46. The van der Waals surface area contributed by atoms with E-state index in [-0.39, 0.29) is 12.1 Å². The number of pyridine rings is 1. The summed E-state index contributed by atoms with van der Waals surface area (Å²) in [4.78, 5) is 26.3. The number of nitrogens with zero attached hydrogens (tertiary/aromatic N) is 3. The van der Waals surface area contributed by atoms with Crippen molar-refractivity contribution in [2.24, 2.45) is 0 Å². The molecule has 6 nitrogen and oxygen atoms in total. The molecule has 1 aliphatic heterocycles. The van der Waals surface area contributed by atoms with Crippen LogP contribution in [0.25, 0.3) is 11.0 Å². The minimum absolute atomic E-state index is 0.0574. The number of halogens is 1. The van der Waals surface area contributed by atoms with Crippen molar-refractivity contribution in [2.75, 3.05) is 11.9 Å². The van der Waals surface area contributed by atoms with Crippen molar-refractivity contribution in [2.45, 2.75) is 18.9 Å². The highest BCUT2D eigenvalue weighted by atomic mass is 35.5. The summed E-state index contributed by atoms with van der Waals surface area (Å²) in [6.07, 6.45) is 5.14. The largest absolute Gasteiger partial charge is 0.340 e. The number of imidazole rings is 1. The van der Waals surface area contributed by atoms with Gasteiger partial charge in [0.05, 0.1) is 17.1 Å². The predicted octanol–water partition coefficient (Wildman–Crippen LogP) is 3.98. The molecule has 2 N–H and O–H groups in total. The number of benzene rings is 1. The molecule has 2 aromatic heterocycles. The van der Waals surface area contributed by atoms with E-state index in [9.17, 15) is 4.79 Å². The van der Waals surface area contributed by atoms with Crippen molar-refractivity contribution < 1.29 is 4.79 Å². The first-order chi connectivity index (χ1) is 11.7. The monoisotopic (exact) mass is 341 g/mol. The van der Waals surface area contributed by atoms with Gasteiger partial charge in [-0.15, -0.1) is 0 Å². The van der Waals surface area contributed by atoms with Crippen molar-refractivity contribution in [3.63, 3.8) is 0 Å². The van der Waals surface area contributed by atoms with E-state index in [0.29, 0.717) is 11.6 Å². The number of anilines is 1. The Kier molecular flexibility index (Phi) is 3.82. The Balaban J connectivity index is 1.58. The molecule has 7 heteroatoms. The van der Waals surface area contributed by atoms with Gasteiger partial charge in [0.15, 0.2) is 0 Å². The van der Waals surface area contributed by atoms with Crippen molar-refractivity contribution in [1.82, 2.24) is 19.9 Å². The number of hydrogen-bond acceptors (Lipinski definition) is 3. The van der Waals surface area contributed by atoms with Gasteiger partial charge in [-0.2, -0.15) is 0 Å². The maximum absolute atomic E-state index is 12.6. The van der Waals surface area contributed by atoms with E-state index in [2.05, 4.69) is 20.3 Å². The molecule has 0 saturated carbocycles. The van der Waals surface area contributed by atoms with E-state index in [1.807, 2.05) is 23.1 Å². The number of carbonyl (C=O) groups is 1. The van der Waals surface area contributed by atoms with Crippen LogP contribution in [0.15, 0.2) is 42.7 Å². The summed E-state index contributed by atoms with van der Waals surface area (Å²) in [5.74, 6) is 0.801. The Morgan fingerprint density at radius 2 is 2.12 bits per heavy atom. The fourth-order valence-electron chi connectivity index (χ4n) is 3.08. The lowest BCUT2D eigenvalue weighted by Gasteiger charge is -2.23. The van der Waals surface area contributed by atoms with Crippen LogP contribution in [0.4, 0.5) is 10.5 Å². The molecule has 3 heterocycles. The number of aromatic amines is 1. The maximum atomic E-state index is 12.6. The minimum Gasteiger partial charge on any atom is -0.340 e. The van der Waals surface area contributed by atoms with Crippen LogP contribution in [0.2, 0.25) is 5.02 Å². The van der Waals surface area contributed by atoms with Gasteiger partial charge in [0.1, 0.15) is 5.82 Å². The minimum atomic E-state index is -0.123. The number of amides is 2. The van der Waals surface area contributed by atoms with Crippen LogP contribution in [0.5, 0.6) is 0 Å². The third kappa shape index (κ3) is 2.80. The number of H-pyrrole nitrogens is 1. The van der Waals surface area contributed by atoms with Gasteiger partial charge >= 0.3 is 6.03 Å². The number of hydrogen-bond donors (Lipinski definition) is 2. The fourth-order valence-corrected chi connectivity index (χ4v) is 3.26. The van der Waals surface area contributed by atoms with Crippen LogP contribution in [0.1, 0.15) is 24.7 Å². The van der Waals surface area contributed by atoms with Gasteiger partial charge in [0, 0.05) is 29.6 Å².